The standard InChI is InChI=1S/C32H38F6O6S2/c33-31(34,35)26-16-17-27(28(32(36,37)38)30(26)45(39,40)41)44-46(42,43)29-24(21-12-6-2-7-13-21)18-23(20-10-4-1-5-11-20)19-25(29)22-14-8-3-9-15-22/h16-22H,1-15H2,(H,39,40,41)/p-1. The van der Waals surface area contributed by atoms with Crippen LogP contribution in [-0.2, 0) is 32.6 Å². The van der Waals surface area contributed by atoms with Gasteiger partial charge in [-0.05, 0) is 85.1 Å². The summed E-state index contributed by atoms with van der Waals surface area (Å²) in [5.41, 5.74) is -3.12. The van der Waals surface area contributed by atoms with Gasteiger partial charge in [0.25, 0.3) is 0 Å². The highest BCUT2D eigenvalue weighted by molar-refractivity contribution is 7.87. The monoisotopic (exact) mass is 695 g/mol. The van der Waals surface area contributed by atoms with Gasteiger partial charge in [-0.15, -0.1) is 0 Å². The van der Waals surface area contributed by atoms with E-state index in [1.54, 1.807) is 0 Å². The molecule has 0 amide bonds. The van der Waals surface area contributed by atoms with E-state index in [9.17, 15) is 47.7 Å². The summed E-state index contributed by atoms with van der Waals surface area (Å²) in [7, 11) is -11.6. The van der Waals surface area contributed by atoms with Gasteiger partial charge in [-0.2, -0.15) is 34.8 Å². The summed E-state index contributed by atoms with van der Waals surface area (Å²) in [5.74, 6) is -1.98. The van der Waals surface area contributed by atoms with Crippen LogP contribution in [0.2, 0.25) is 0 Å². The van der Waals surface area contributed by atoms with Crippen LogP contribution in [-0.4, -0.2) is 21.4 Å². The van der Waals surface area contributed by atoms with Crippen molar-refractivity contribution >= 4 is 20.2 Å². The second kappa shape index (κ2) is 13.3. The van der Waals surface area contributed by atoms with Crippen LogP contribution in [0.3, 0.4) is 0 Å². The van der Waals surface area contributed by atoms with E-state index in [4.69, 9.17) is 4.18 Å². The smallest absolute Gasteiger partial charge is 0.421 e. The van der Waals surface area contributed by atoms with E-state index in [1.807, 2.05) is 12.1 Å². The lowest BCUT2D eigenvalue weighted by atomic mass is 9.76. The Hall–Kier alpha value is -2.32. The molecule has 6 nitrogen and oxygen atoms in total. The molecule has 3 aliphatic rings. The molecule has 0 N–H and O–H groups in total. The summed E-state index contributed by atoms with van der Waals surface area (Å²) >= 11 is 0. The van der Waals surface area contributed by atoms with Crippen LogP contribution in [0, 0.1) is 0 Å². The highest BCUT2D eigenvalue weighted by atomic mass is 32.2. The van der Waals surface area contributed by atoms with Crippen LogP contribution in [0.25, 0.3) is 0 Å². The van der Waals surface area contributed by atoms with E-state index < -0.39 is 54.4 Å². The molecule has 14 heteroatoms. The molecule has 0 aromatic heterocycles. The molecular weight excluding hydrogens is 658 g/mol. The molecule has 0 atom stereocenters. The Balaban J connectivity index is 1.75. The number of hydrogen-bond acceptors (Lipinski definition) is 6. The molecule has 3 saturated carbocycles. The molecule has 0 bridgehead atoms. The average Bonchev–Trinajstić information content (AvgIpc) is 3.00. The maximum Gasteiger partial charge on any atom is 0.421 e. The van der Waals surface area contributed by atoms with Gasteiger partial charge >= 0.3 is 22.5 Å². The molecule has 2 aromatic rings. The molecule has 46 heavy (non-hydrogen) atoms. The van der Waals surface area contributed by atoms with Gasteiger partial charge in [0.1, 0.15) is 20.6 Å². The summed E-state index contributed by atoms with van der Waals surface area (Å²) in [6.07, 6.45) is 1.17. The minimum Gasteiger partial charge on any atom is -0.744 e. The largest absolute Gasteiger partial charge is 0.744 e. The van der Waals surface area contributed by atoms with Crippen LogP contribution < -0.4 is 4.18 Å². The van der Waals surface area contributed by atoms with Crippen molar-refractivity contribution in [3.05, 3.63) is 52.1 Å². The molecule has 5 rings (SSSR count). The van der Waals surface area contributed by atoms with Gasteiger partial charge < -0.3 is 8.74 Å². The summed E-state index contributed by atoms with van der Waals surface area (Å²) in [4.78, 5) is -2.90. The Morgan fingerprint density at radius 1 is 0.609 bits per heavy atom. The average molecular weight is 696 g/mol. The molecule has 0 radical (unpaired) electrons. The predicted octanol–water partition coefficient (Wildman–Crippen LogP) is 9.54. The Kier molecular flexibility index (Phi) is 10.1. The molecule has 2 aromatic carbocycles. The fourth-order valence-electron chi connectivity index (χ4n) is 7.64. The first-order chi connectivity index (χ1) is 21.5. The normalized spacial score (nSPS) is 20.2. The lowest BCUT2D eigenvalue weighted by Crippen LogP contribution is -2.24. The molecular formula is C32H37F6O6S2-. The van der Waals surface area contributed by atoms with Crippen molar-refractivity contribution in [2.24, 2.45) is 0 Å². The summed E-state index contributed by atoms with van der Waals surface area (Å²) in [5, 5.41) is 0. The molecule has 0 spiro atoms. The van der Waals surface area contributed by atoms with E-state index in [-0.39, 0.29) is 34.8 Å². The van der Waals surface area contributed by atoms with Crippen molar-refractivity contribution in [3.8, 4) is 5.75 Å². The molecule has 256 valence electrons. The van der Waals surface area contributed by atoms with E-state index in [2.05, 4.69) is 0 Å². The highest BCUT2D eigenvalue weighted by Gasteiger charge is 2.47. The highest BCUT2D eigenvalue weighted by Crippen LogP contribution is 2.49. The minimum absolute atomic E-state index is 0.0683. The van der Waals surface area contributed by atoms with E-state index >= 15 is 0 Å². The molecule has 0 heterocycles. The zero-order valence-electron chi connectivity index (χ0n) is 25.2. The number of halogens is 6. The third-order valence-electron chi connectivity index (χ3n) is 9.74. The number of alkyl halides is 6. The van der Waals surface area contributed by atoms with Gasteiger partial charge in [0.2, 0.25) is 0 Å². The first-order valence-corrected chi connectivity index (χ1v) is 18.7. The third kappa shape index (κ3) is 7.53. The first-order valence-electron chi connectivity index (χ1n) is 15.9. The second-order valence-corrected chi connectivity index (χ2v) is 15.6. The van der Waals surface area contributed by atoms with Crippen molar-refractivity contribution in [2.75, 3.05) is 0 Å². The van der Waals surface area contributed by atoms with Gasteiger partial charge in [-0.1, -0.05) is 69.9 Å². The Bertz CT molecular complexity index is 1590. The van der Waals surface area contributed by atoms with Gasteiger partial charge in [0, 0.05) is 0 Å². The Labute approximate surface area is 265 Å². The maximum absolute atomic E-state index is 14.3. The van der Waals surface area contributed by atoms with Gasteiger partial charge in [0.05, 0.1) is 10.5 Å². The molecule has 0 aliphatic heterocycles. The maximum atomic E-state index is 14.3. The summed E-state index contributed by atoms with van der Waals surface area (Å²) in [6.45, 7) is 0. The zero-order valence-corrected chi connectivity index (χ0v) is 26.8. The lowest BCUT2D eigenvalue weighted by Gasteiger charge is -2.32. The van der Waals surface area contributed by atoms with Gasteiger partial charge in [0.15, 0.2) is 5.75 Å². The van der Waals surface area contributed by atoms with Crippen LogP contribution in [0.1, 0.15) is 142 Å². The van der Waals surface area contributed by atoms with Gasteiger partial charge in [-0.3, -0.25) is 0 Å². The van der Waals surface area contributed by atoms with Crippen molar-refractivity contribution in [1.82, 2.24) is 0 Å². The number of hydrogen-bond donors (Lipinski definition) is 0. The van der Waals surface area contributed by atoms with E-state index in [1.165, 1.54) is 0 Å². The second-order valence-electron chi connectivity index (χ2n) is 12.8. The summed E-state index contributed by atoms with van der Waals surface area (Å²) < 4.78 is 153. The Morgan fingerprint density at radius 3 is 1.43 bits per heavy atom. The SMILES string of the molecule is O=S(=O)([O-])c1c(C(F)(F)F)ccc(OS(=O)(=O)c2c(C3CCCCC3)cc(C3CCCCC3)cc2C2CCCCC2)c1C(F)(F)F. The predicted molar refractivity (Wildman–Crippen MR) is 156 cm³/mol. The minimum atomic E-state index is -6.41. The fourth-order valence-corrected chi connectivity index (χ4v) is 10.0. The zero-order chi connectivity index (χ0) is 33.5. The van der Waals surface area contributed by atoms with Crippen molar-refractivity contribution in [3.63, 3.8) is 0 Å². The number of rotatable bonds is 7. The lowest BCUT2D eigenvalue weighted by molar-refractivity contribution is -0.148. The topological polar surface area (TPSA) is 101 Å². The molecule has 0 saturated heterocycles. The van der Waals surface area contributed by atoms with E-state index in [0.29, 0.717) is 36.8 Å². The molecule has 3 fully saturated rings. The molecule has 0 unspecified atom stereocenters. The van der Waals surface area contributed by atoms with E-state index in [0.717, 1.165) is 76.2 Å². The van der Waals surface area contributed by atoms with Crippen LogP contribution in [0.4, 0.5) is 26.3 Å². The van der Waals surface area contributed by atoms with Crippen LogP contribution >= 0.6 is 0 Å². The summed E-state index contributed by atoms with van der Waals surface area (Å²) in [6, 6.07) is 3.72. The van der Waals surface area contributed by atoms with Crippen LogP contribution in [0.5, 0.6) is 5.75 Å². The van der Waals surface area contributed by atoms with Crippen molar-refractivity contribution in [1.29, 1.82) is 0 Å². The molecule has 3 aliphatic carbocycles. The van der Waals surface area contributed by atoms with Crippen molar-refractivity contribution in [2.45, 2.75) is 136 Å². The van der Waals surface area contributed by atoms with Gasteiger partial charge in [-0.25, -0.2) is 8.42 Å². The van der Waals surface area contributed by atoms with Crippen molar-refractivity contribution < 1.29 is 51.9 Å². The third-order valence-corrected chi connectivity index (χ3v) is 12.0. The first kappa shape index (κ1) is 35.0. The quantitative estimate of drug-likeness (QED) is 0.163. The number of benzene rings is 2. The fraction of sp³-hybridized carbons (Fsp3) is 0.625. The Morgan fingerprint density at radius 2 is 1.04 bits per heavy atom. The van der Waals surface area contributed by atoms with Crippen LogP contribution in [0.15, 0.2) is 34.1 Å².